The van der Waals surface area contributed by atoms with Crippen LogP contribution in [0, 0.1) is 17.3 Å². The Bertz CT molecular complexity index is 347. The van der Waals surface area contributed by atoms with Crippen LogP contribution in [0.3, 0.4) is 0 Å². The van der Waals surface area contributed by atoms with E-state index in [9.17, 15) is 10.2 Å². The van der Waals surface area contributed by atoms with Crippen LogP contribution >= 0.6 is 0 Å². The highest BCUT2D eigenvalue weighted by Crippen LogP contribution is 2.57. The van der Waals surface area contributed by atoms with Gasteiger partial charge in [0.05, 0.1) is 12.2 Å². The van der Waals surface area contributed by atoms with Crippen LogP contribution in [0.2, 0.25) is 0 Å². The number of allylic oxidation sites excluding steroid dienone is 2. The first kappa shape index (κ1) is 12.8. The van der Waals surface area contributed by atoms with E-state index in [1.165, 1.54) is 11.1 Å². The van der Waals surface area contributed by atoms with E-state index in [0.29, 0.717) is 12.3 Å². The smallest absolute Gasteiger partial charge is 0.0833 e. The van der Waals surface area contributed by atoms with E-state index in [0.717, 1.165) is 19.3 Å². The zero-order valence-corrected chi connectivity index (χ0v) is 10.9. The van der Waals surface area contributed by atoms with Gasteiger partial charge in [-0.1, -0.05) is 31.2 Å². The molecule has 5 atom stereocenters. The summed E-state index contributed by atoms with van der Waals surface area (Å²) in [5.41, 5.74) is 2.37. The summed E-state index contributed by atoms with van der Waals surface area (Å²) in [6, 6.07) is 0. The van der Waals surface area contributed by atoms with Crippen LogP contribution in [0.1, 0.15) is 39.5 Å². The largest absolute Gasteiger partial charge is 0.390 e. The molecule has 96 valence electrons. The monoisotopic (exact) mass is 236 g/mol. The zero-order valence-electron chi connectivity index (χ0n) is 10.9. The Balaban J connectivity index is 2.28. The maximum absolute atomic E-state index is 10.0. The molecule has 2 saturated carbocycles. The topological polar surface area (TPSA) is 40.5 Å². The summed E-state index contributed by atoms with van der Waals surface area (Å²) < 4.78 is 0. The van der Waals surface area contributed by atoms with E-state index in [4.69, 9.17) is 0 Å². The van der Waals surface area contributed by atoms with Gasteiger partial charge in [0.2, 0.25) is 0 Å². The van der Waals surface area contributed by atoms with Gasteiger partial charge in [0.1, 0.15) is 0 Å². The number of aliphatic hydroxyl groups excluding tert-OH is 2. The van der Waals surface area contributed by atoms with Gasteiger partial charge in [-0.15, -0.1) is 0 Å². The van der Waals surface area contributed by atoms with Crippen LogP contribution in [-0.4, -0.2) is 22.4 Å². The molecule has 1 spiro atoms. The zero-order chi connectivity index (χ0) is 12.8. The van der Waals surface area contributed by atoms with E-state index < -0.39 is 12.2 Å². The Hall–Kier alpha value is -0.600. The molecule has 0 bridgehead atoms. The van der Waals surface area contributed by atoms with Gasteiger partial charge in [-0.2, -0.15) is 0 Å². The van der Waals surface area contributed by atoms with Gasteiger partial charge < -0.3 is 10.2 Å². The molecule has 2 rings (SSSR count). The average Bonchev–Trinajstić information content (AvgIpc) is 2.48. The molecular formula is C15H24O2. The predicted octanol–water partition coefficient (Wildman–Crippen LogP) is 2.67. The number of rotatable bonds is 1. The summed E-state index contributed by atoms with van der Waals surface area (Å²) in [6.45, 7) is 12.4. The molecule has 0 aliphatic heterocycles. The molecule has 0 aromatic carbocycles. The molecule has 0 heterocycles. The van der Waals surface area contributed by atoms with Gasteiger partial charge in [0.15, 0.2) is 0 Å². The van der Waals surface area contributed by atoms with Gasteiger partial charge in [-0.05, 0) is 49.9 Å². The van der Waals surface area contributed by atoms with E-state index in [-0.39, 0.29) is 11.3 Å². The Labute approximate surface area is 104 Å². The molecule has 2 heteroatoms. The van der Waals surface area contributed by atoms with Crippen LogP contribution in [-0.2, 0) is 0 Å². The quantitative estimate of drug-likeness (QED) is 0.687. The normalized spacial score (nSPS) is 46.5. The minimum Gasteiger partial charge on any atom is -0.390 e. The van der Waals surface area contributed by atoms with Gasteiger partial charge in [0.25, 0.3) is 0 Å². The summed E-state index contributed by atoms with van der Waals surface area (Å²) in [5.74, 6) is 0.618. The Morgan fingerprint density at radius 1 is 1.35 bits per heavy atom. The molecule has 2 aliphatic rings. The van der Waals surface area contributed by atoms with Crippen LogP contribution in [0.5, 0.6) is 0 Å². The van der Waals surface area contributed by atoms with E-state index >= 15 is 0 Å². The van der Waals surface area contributed by atoms with E-state index in [2.05, 4.69) is 20.1 Å². The molecule has 0 radical (unpaired) electrons. The van der Waals surface area contributed by atoms with Crippen molar-refractivity contribution in [2.24, 2.45) is 17.3 Å². The second kappa shape index (κ2) is 4.25. The molecule has 0 saturated heterocycles. The first-order chi connectivity index (χ1) is 7.88. The van der Waals surface area contributed by atoms with Crippen molar-refractivity contribution in [1.82, 2.24) is 0 Å². The van der Waals surface area contributed by atoms with Crippen molar-refractivity contribution in [3.63, 3.8) is 0 Å². The van der Waals surface area contributed by atoms with E-state index in [1.54, 1.807) is 0 Å². The van der Waals surface area contributed by atoms with Crippen molar-refractivity contribution >= 4 is 0 Å². The molecule has 2 N–H and O–H groups in total. The summed E-state index contributed by atoms with van der Waals surface area (Å²) in [6.07, 6.45) is 2.59. The van der Waals surface area contributed by atoms with Crippen LogP contribution < -0.4 is 0 Å². The fourth-order valence-corrected chi connectivity index (χ4v) is 3.78. The van der Waals surface area contributed by atoms with Crippen LogP contribution in [0.4, 0.5) is 0 Å². The second-order valence-corrected chi connectivity index (χ2v) is 6.10. The fraction of sp³-hybridized carbons (Fsp3) is 0.733. The third-order valence-corrected chi connectivity index (χ3v) is 5.16. The molecular weight excluding hydrogens is 212 g/mol. The van der Waals surface area contributed by atoms with E-state index in [1.807, 2.05) is 6.92 Å². The number of hydrogen-bond donors (Lipinski definition) is 2. The minimum atomic E-state index is -0.601. The first-order valence-corrected chi connectivity index (χ1v) is 6.58. The Kier molecular flexibility index (Phi) is 3.21. The van der Waals surface area contributed by atoms with Crippen molar-refractivity contribution in [1.29, 1.82) is 0 Å². The highest BCUT2D eigenvalue weighted by Gasteiger charge is 2.53. The first-order valence-electron chi connectivity index (χ1n) is 6.58. The molecule has 0 amide bonds. The Morgan fingerprint density at radius 2 is 2.00 bits per heavy atom. The molecule has 0 aromatic rings. The molecule has 3 unspecified atom stereocenters. The SMILES string of the molecule is C=C(C)[C@H]1CCC(=C)[C@]2(CC(O)C(O)C2C)C1. The lowest BCUT2D eigenvalue weighted by molar-refractivity contribution is 0.0199. The van der Waals surface area contributed by atoms with Crippen LogP contribution in [0.25, 0.3) is 0 Å². The van der Waals surface area contributed by atoms with Gasteiger partial charge in [-0.25, -0.2) is 0 Å². The summed E-state index contributed by atoms with van der Waals surface area (Å²) in [7, 11) is 0. The van der Waals surface area contributed by atoms with Crippen molar-refractivity contribution in [3.05, 3.63) is 24.3 Å². The van der Waals surface area contributed by atoms with Crippen molar-refractivity contribution in [3.8, 4) is 0 Å². The lowest BCUT2D eigenvalue weighted by atomic mass is 9.61. The number of hydrogen-bond acceptors (Lipinski definition) is 2. The van der Waals surface area contributed by atoms with Crippen molar-refractivity contribution < 1.29 is 10.2 Å². The fourth-order valence-electron chi connectivity index (χ4n) is 3.78. The van der Waals surface area contributed by atoms with Gasteiger partial charge >= 0.3 is 0 Å². The molecule has 2 fully saturated rings. The number of aliphatic hydroxyl groups is 2. The second-order valence-electron chi connectivity index (χ2n) is 6.10. The predicted molar refractivity (Wildman–Crippen MR) is 69.5 cm³/mol. The van der Waals surface area contributed by atoms with Crippen molar-refractivity contribution in [2.45, 2.75) is 51.7 Å². The lowest BCUT2D eigenvalue weighted by Gasteiger charge is -2.44. The lowest BCUT2D eigenvalue weighted by Crippen LogP contribution is -2.35. The average molecular weight is 236 g/mol. The summed E-state index contributed by atoms with van der Waals surface area (Å²) in [5, 5.41) is 19.9. The summed E-state index contributed by atoms with van der Waals surface area (Å²) >= 11 is 0. The van der Waals surface area contributed by atoms with Gasteiger partial charge in [-0.3, -0.25) is 0 Å². The minimum absolute atomic E-state index is 0.0688. The Morgan fingerprint density at radius 3 is 2.47 bits per heavy atom. The standard InChI is InChI=1S/C15H24O2/c1-9(2)12-6-5-10(3)15(7-12)8-13(16)14(17)11(15)4/h11-14,16-17H,1,3,5-8H2,2,4H3/t11?,12-,13?,14?,15+/m0/s1. The van der Waals surface area contributed by atoms with Crippen LogP contribution in [0.15, 0.2) is 24.3 Å². The highest BCUT2D eigenvalue weighted by molar-refractivity contribution is 5.23. The maximum Gasteiger partial charge on any atom is 0.0833 e. The maximum atomic E-state index is 10.0. The molecule has 2 aliphatic carbocycles. The summed E-state index contributed by atoms with van der Waals surface area (Å²) in [4.78, 5) is 0. The van der Waals surface area contributed by atoms with Gasteiger partial charge in [0, 0.05) is 0 Å². The van der Waals surface area contributed by atoms with Crippen molar-refractivity contribution in [2.75, 3.05) is 0 Å². The third kappa shape index (κ3) is 1.88. The molecule has 0 aromatic heterocycles. The highest BCUT2D eigenvalue weighted by atomic mass is 16.3. The third-order valence-electron chi connectivity index (χ3n) is 5.16. The molecule has 2 nitrogen and oxygen atoms in total. The molecule has 17 heavy (non-hydrogen) atoms.